The van der Waals surface area contributed by atoms with E-state index in [-0.39, 0.29) is 48.3 Å². The Morgan fingerprint density at radius 3 is 2.37 bits per heavy atom. The van der Waals surface area contributed by atoms with Gasteiger partial charge in [-0.1, -0.05) is 23.7 Å². The van der Waals surface area contributed by atoms with Gasteiger partial charge in [0.2, 0.25) is 17.7 Å². The van der Waals surface area contributed by atoms with Crippen molar-refractivity contribution in [2.24, 2.45) is 29.6 Å². The highest BCUT2D eigenvalue weighted by atomic mass is 35.5. The van der Waals surface area contributed by atoms with E-state index in [1.165, 1.54) is 4.90 Å². The molecule has 2 aromatic carbocycles. The fourth-order valence-electron chi connectivity index (χ4n) is 6.41. The first-order valence-electron chi connectivity index (χ1n) is 12.1. The SMILES string of the molecule is Cc1ccc(N2C[C@H](C(=O)Oc3cccc(N4C(=O)[C@H]5[C@H]6CC[C@@H](C6)[C@@H]5C4=O)c3)CC2=O)cc1Cl. The molecule has 2 aliphatic carbocycles. The molecule has 4 fully saturated rings. The summed E-state index contributed by atoms with van der Waals surface area (Å²) in [4.78, 5) is 54.6. The number of nitrogens with zero attached hydrogens (tertiary/aromatic N) is 2. The molecule has 0 spiro atoms. The number of aryl methyl sites for hydroxylation is 1. The molecule has 3 amide bonds. The lowest BCUT2D eigenvalue weighted by atomic mass is 9.81. The third kappa shape index (κ3) is 3.56. The third-order valence-corrected chi connectivity index (χ3v) is 8.55. The van der Waals surface area contributed by atoms with Crippen molar-refractivity contribution in [3.8, 4) is 5.75 Å². The van der Waals surface area contributed by atoms with Crippen molar-refractivity contribution < 1.29 is 23.9 Å². The lowest BCUT2D eigenvalue weighted by Gasteiger charge is -2.19. The van der Waals surface area contributed by atoms with Crippen LogP contribution in [0.2, 0.25) is 5.02 Å². The molecule has 180 valence electrons. The summed E-state index contributed by atoms with van der Waals surface area (Å²) >= 11 is 6.20. The van der Waals surface area contributed by atoms with E-state index in [0.717, 1.165) is 24.8 Å². The predicted octanol–water partition coefficient (Wildman–Crippen LogP) is 4.14. The number of esters is 1. The van der Waals surface area contributed by atoms with Crippen LogP contribution in [-0.4, -0.2) is 30.2 Å². The van der Waals surface area contributed by atoms with Crippen LogP contribution in [0.3, 0.4) is 0 Å². The van der Waals surface area contributed by atoms with E-state index in [0.29, 0.717) is 28.2 Å². The molecule has 2 heterocycles. The van der Waals surface area contributed by atoms with Crippen LogP contribution in [0.15, 0.2) is 42.5 Å². The Hall–Kier alpha value is -3.19. The molecule has 6 rings (SSSR count). The molecule has 2 aliphatic heterocycles. The Morgan fingerprint density at radius 1 is 0.971 bits per heavy atom. The van der Waals surface area contributed by atoms with Gasteiger partial charge in [-0.2, -0.15) is 0 Å². The summed E-state index contributed by atoms with van der Waals surface area (Å²) in [5, 5.41) is 0.557. The first-order chi connectivity index (χ1) is 16.8. The van der Waals surface area contributed by atoms with Crippen LogP contribution in [0.5, 0.6) is 5.75 Å². The Labute approximate surface area is 208 Å². The van der Waals surface area contributed by atoms with Crippen LogP contribution in [-0.2, 0) is 19.2 Å². The van der Waals surface area contributed by atoms with E-state index in [4.69, 9.17) is 16.3 Å². The number of anilines is 2. The van der Waals surface area contributed by atoms with E-state index in [9.17, 15) is 19.2 Å². The lowest BCUT2D eigenvalue weighted by molar-refractivity contribution is -0.139. The van der Waals surface area contributed by atoms with Crippen molar-refractivity contribution in [3.63, 3.8) is 0 Å². The number of hydrogen-bond donors (Lipinski definition) is 0. The lowest BCUT2D eigenvalue weighted by Crippen LogP contribution is -2.32. The summed E-state index contributed by atoms with van der Waals surface area (Å²) in [6, 6.07) is 11.9. The number of amides is 3. The Balaban J connectivity index is 1.16. The fraction of sp³-hybridized carbons (Fsp3) is 0.407. The van der Waals surface area contributed by atoms with Crippen LogP contribution in [0.25, 0.3) is 0 Å². The van der Waals surface area contributed by atoms with E-state index in [1.54, 1.807) is 35.2 Å². The van der Waals surface area contributed by atoms with Crippen LogP contribution < -0.4 is 14.5 Å². The normalized spacial score (nSPS) is 29.3. The smallest absolute Gasteiger partial charge is 0.316 e. The second kappa shape index (κ2) is 8.19. The van der Waals surface area contributed by atoms with Gasteiger partial charge in [-0.05, 0) is 67.9 Å². The van der Waals surface area contributed by atoms with Gasteiger partial charge in [0.15, 0.2) is 0 Å². The fourth-order valence-corrected chi connectivity index (χ4v) is 6.59. The van der Waals surface area contributed by atoms with Crippen LogP contribution in [0.4, 0.5) is 11.4 Å². The minimum Gasteiger partial charge on any atom is -0.426 e. The van der Waals surface area contributed by atoms with Crippen molar-refractivity contribution >= 4 is 46.7 Å². The zero-order valence-electron chi connectivity index (χ0n) is 19.3. The number of rotatable bonds is 4. The summed E-state index contributed by atoms with van der Waals surface area (Å²) in [6.45, 7) is 2.08. The standard InChI is InChI=1S/C27H25ClN2O5/c1-14-5-8-18(12-21(14)28)29-13-17(10-22(29)31)27(34)35-20-4-2-3-19(11-20)30-25(32)23-15-6-7-16(9-15)24(23)26(30)33/h2-5,8,11-12,15-17,23-24H,6-7,9-10,13H2,1H3/t15-,16-,17+,23-,24-/m0/s1. The van der Waals surface area contributed by atoms with Crippen molar-refractivity contribution in [1.29, 1.82) is 0 Å². The Morgan fingerprint density at radius 2 is 1.69 bits per heavy atom. The summed E-state index contributed by atoms with van der Waals surface area (Å²) in [5.74, 6) is -1.16. The zero-order valence-corrected chi connectivity index (χ0v) is 20.0. The summed E-state index contributed by atoms with van der Waals surface area (Å²) in [6.07, 6.45) is 3.05. The maximum absolute atomic E-state index is 13.1. The van der Waals surface area contributed by atoms with Gasteiger partial charge in [-0.15, -0.1) is 0 Å². The molecule has 7 nitrogen and oxygen atoms in total. The molecule has 8 heteroatoms. The van der Waals surface area contributed by atoms with Gasteiger partial charge in [0.25, 0.3) is 0 Å². The average molecular weight is 493 g/mol. The van der Waals surface area contributed by atoms with Gasteiger partial charge < -0.3 is 9.64 Å². The van der Waals surface area contributed by atoms with Gasteiger partial charge >= 0.3 is 5.97 Å². The second-order valence-electron chi connectivity index (χ2n) is 10.2. The van der Waals surface area contributed by atoms with E-state index >= 15 is 0 Å². The van der Waals surface area contributed by atoms with Crippen molar-refractivity contribution in [1.82, 2.24) is 0 Å². The molecule has 2 aromatic rings. The molecule has 2 saturated heterocycles. The molecule has 4 aliphatic rings. The highest BCUT2D eigenvalue weighted by Gasteiger charge is 2.61. The number of fused-ring (bicyclic) bond motifs is 5. The maximum atomic E-state index is 13.1. The average Bonchev–Trinajstić information content (AvgIpc) is 3.59. The van der Waals surface area contributed by atoms with Crippen molar-refractivity contribution in [2.45, 2.75) is 32.6 Å². The maximum Gasteiger partial charge on any atom is 0.316 e. The van der Waals surface area contributed by atoms with E-state index in [2.05, 4.69) is 0 Å². The summed E-state index contributed by atoms with van der Waals surface area (Å²) < 4.78 is 5.60. The number of carbonyl (C=O) groups is 4. The van der Waals surface area contributed by atoms with Gasteiger partial charge in [-0.3, -0.25) is 19.2 Å². The minimum atomic E-state index is -0.628. The largest absolute Gasteiger partial charge is 0.426 e. The van der Waals surface area contributed by atoms with Gasteiger partial charge in [-0.25, -0.2) is 4.90 Å². The third-order valence-electron chi connectivity index (χ3n) is 8.15. The van der Waals surface area contributed by atoms with Crippen molar-refractivity contribution in [2.75, 3.05) is 16.3 Å². The number of halogens is 1. The number of hydrogen-bond acceptors (Lipinski definition) is 5. The Bertz CT molecular complexity index is 1250. The number of carbonyl (C=O) groups excluding carboxylic acids is 4. The number of benzene rings is 2. The quantitative estimate of drug-likeness (QED) is 0.364. The highest BCUT2D eigenvalue weighted by Crippen LogP contribution is 2.56. The predicted molar refractivity (Wildman–Crippen MR) is 129 cm³/mol. The number of ether oxygens (including phenoxy) is 1. The molecule has 5 atom stereocenters. The molecule has 2 bridgehead atoms. The zero-order chi connectivity index (χ0) is 24.4. The Kier molecular flexibility index (Phi) is 5.22. The first-order valence-corrected chi connectivity index (χ1v) is 12.5. The molecule has 35 heavy (non-hydrogen) atoms. The molecule has 2 saturated carbocycles. The van der Waals surface area contributed by atoms with Crippen LogP contribution in [0.1, 0.15) is 31.2 Å². The minimum absolute atomic E-state index is 0.0409. The number of imide groups is 1. The highest BCUT2D eigenvalue weighted by molar-refractivity contribution is 6.31. The second-order valence-corrected chi connectivity index (χ2v) is 10.6. The van der Waals surface area contributed by atoms with Crippen molar-refractivity contribution in [3.05, 3.63) is 53.1 Å². The van der Waals surface area contributed by atoms with E-state index in [1.807, 2.05) is 19.1 Å². The van der Waals surface area contributed by atoms with E-state index < -0.39 is 11.9 Å². The monoisotopic (exact) mass is 492 g/mol. The molecule has 0 N–H and O–H groups in total. The topological polar surface area (TPSA) is 84.0 Å². The molecular formula is C27H25ClN2O5. The van der Waals surface area contributed by atoms with Gasteiger partial charge in [0.1, 0.15) is 5.75 Å². The molecule has 0 unspecified atom stereocenters. The first kappa shape index (κ1) is 22.3. The van der Waals surface area contributed by atoms with Crippen LogP contribution in [0, 0.1) is 36.5 Å². The van der Waals surface area contributed by atoms with Gasteiger partial charge in [0.05, 0.1) is 23.4 Å². The van der Waals surface area contributed by atoms with Gasteiger partial charge in [0, 0.05) is 29.7 Å². The van der Waals surface area contributed by atoms with Crippen LogP contribution >= 0.6 is 11.6 Å². The molecule has 0 radical (unpaired) electrons. The molecular weight excluding hydrogens is 468 g/mol. The summed E-state index contributed by atoms with van der Waals surface area (Å²) in [5.41, 5.74) is 1.98. The summed E-state index contributed by atoms with van der Waals surface area (Å²) in [7, 11) is 0. The molecule has 0 aromatic heterocycles.